The number of rotatable bonds is 3. The molecule has 1 aliphatic rings. The molecular formula is C13H18N4S2. The van der Waals surface area contributed by atoms with Crippen LogP contribution in [0.4, 0.5) is 5.13 Å². The van der Waals surface area contributed by atoms with E-state index in [9.17, 15) is 0 Å². The van der Waals surface area contributed by atoms with Crippen LogP contribution in [0.25, 0.3) is 0 Å². The molecule has 2 aromatic heterocycles. The second kappa shape index (κ2) is 5.54. The first kappa shape index (κ1) is 13.0. The molecule has 3 rings (SSSR count). The first-order valence-corrected chi connectivity index (χ1v) is 8.45. The Hall–Kier alpha value is -1.01. The number of piperidine rings is 1. The molecule has 19 heavy (non-hydrogen) atoms. The van der Waals surface area contributed by atoms with Crippen molar-refractivity contribution in [1.82, 2.24) is 15.2 Å². The second-order valence-electron chi connectivity index (χ2n) is 4.92. The summed E-state index contributed by atoms with van der Waals surface area (Å²) in [7, 11) is 0. The van der Waals surface area contributed by atoms with Gasteiger partial charge in [0, 0.05) is 24.4 Å². The molecule has 102 valence electrons. The minimum atomic E-state index is 0.559. The molecule has 0 N–H and O–H groups in total. The molecule has 2 aromatic rings. The van der Waals surface area contributed by atoms with Gasteiger partial charge in [0.15, 0.2) is 0 Å². The maximum Gasteiger partial charge on any atom is 0.208 e. The van der Waals surface area contributed by atoms with Gasteiger partial charge in [0.2, 0.25) is 5.13 Å². The van der Waals surface area contributed by atoms with Gasteiger partial charge in [0.25, 0.3) is 0 Å². The second-order valence-corrected chi connectivity index (χ2v) is 6.97. The normalized spacial score (nSPS) is 19.9. The van der Waals surface area contributed by atoms with Crippen molar-refractivity contribution in [3.8, 4) is 0 Å². The Morgan fingerprint density at radius 3 is 3.00 bits per heavy atom. The Balaban J connectivity index is 1.74. The molecule has 0 unspecified atom stereocenters. The summed E-state index contributed by atoms with van der Waals surface area (Å²) in [4.78, 5) is 7.11. The fourth-order valence-electron chi connectivity index (χ4n) is 2.44. The van der Waals surface area contributed by atoms with Gasteiger partial charge in [0.05, 0.1) is 10.7 Å². The van der Waals surface area contributed by atoms with Crippen molar-refractivity contribution in [3.05, 3.63) is 21.1 Å². The van der Waals surface area contributed by atoms with E-state index in [4.69, 9.17) is 4.98 Å². The molecule has 4 nitrogen and oxygen atoms in total. The zero-order chi connectivity index (χ0) is 13.2. The highest BCUT2D eigenvalue weighted by Gasteiger charge is 2.25. The molecule has 0 radical (unpaired) electrons. The third-order valence-electron chi connectivity index (χ3n) is 3.49. The summed E-state index contributed by atoms with van der Waals surface area (Å²) < 4.78 is 0. The summed E-state index contributed by atoms with van der Waals surface area (Å²) >= 11 is 3.50. The van der Waals surface area contributed by atoms with Crippen LogP contribution in [0, 0.1) is 6.92 Å². The van der Waals surface area contributed by atoms with Crippen molar-refractivity contribution < 1.29 is 0 Å². The fraction of sp³-hybridized carbons (Fsp3) is 0.615. The van der Waals surface area contributed by atoms with E-state index >= 15 is 0 Å². The average Bonchev–Trinajstić information content (AvgIpc) is 3.07. The third kappa shape index (κ3) is 2.79. The topological polar surface area (TPSA) is 41.9 Å². The van der Waals surface area contributed by atoms with E-state index in [-0.39, 0.29) is 0 Å². The molecule has 0 bridgehead atoms. The van der Waals surface area contributed by atoms with Gasteiger partial charge in [-0.05, 0) is 26.2 Å². The number of nitrogens with zero attached hydrogens (tertiary/aromatic N) is 4. The molecular weight excluding hydrogens is 276 g/mol. The van der Waals surface area contributed by atoms with E-state index in [0.29, 0.717) is 5.92 Å². The summed E-state index contributed by atoms with van der Waals surface area (Å²) in [5.74, 6) is 0.559. The van der Waals surface area contributed by atoms with Crippen LogP contribution in [0.2, 0.25) is 0 Å². The van der Waals surface area contributed by atoms with Crippen molar-refractivity contribution in [2.24, 2.45) is 0 Å². The molecule has 1 aliphatic heterocycles. The van der Waals surface area contributed by atoms with Crippen molar-refractivity contribution >= 4 is 27.8 Å². The molecule has 0 spiro atoms. The van der Waals surface area contributed by atoms with Crippen LogP contribution in [0.3, 0.4) is 0 Å². The van der Waals surface area contributed by atoms with Gasteiger partial charge in [-0.15, -0.1) is 21.5 Å². The van der Waals surface area contributed by atoms with Gasteiger partial charge < -0.3 is 4.90 Å². The Morgan fingerprint density at radius 1 is 1.42 bits per heavy atom. The number of aryl methyl sites for hydroxylation is 2. The van der Waals surface area contributed by atoms with E-state index in [1.54, 1.807) is 11.3 Å². The zero-order valence-electron chi connectivity index (χ0n) is 11.3. The minimum absolute atomic E-state index is 0.559. The van der Waals surface area contributed by atoms with Gasteiger partial charge in [0.1, 0.15) is 5.01 Å². The smallest absolute Gasteiger partial charge is 0.208 e. The predicted octanol–water partition coefficient (Wildman–Crippen LogP) is 3.25. The van der Waals surface area contributed by atoms with Gasteiger partial charge in [-0.1, -0.05) is 18.3 Å². The summed E-state index contributed by atoms with van der Waals surface area (Å²) in [5.41, 5.74) is 1.23. The van der Waals surface area contributed by atoms with Gasteiger partial charge >= 0.3 is 0 Å². The average molecular weight is 294 g/mol. The largest absolute Gasteiger partial charge is 0.346 e. The van der Waals surface area contributed by atoms with Crippen LogP contribution in [0.1, 0.15) is 41.4 Å². The lowest BCUT2D eigenvalue weighted by molar-refractivity contribution is 0.506. The maximum absolute atomic E-state index is 4.74. The molecule has 0 saturated carbocycles. The summed E-state index contributed by atoms with van der Waals surface area (Å²) in [6, 6.07) is 0. The van der Waals surface area contributed by atoms with Crippen LogP contribution >= 0.6 is 22.7 Å². The molecule has 1 atom stereocenters. The Kier molecular flexibility index (Phi) is 3.79. The Labute approximate surface area is 121 Å². The molecule has 1 fully saturated rings. The van der Waals surface area contributed by atoms with Crippen LogP contribution in [0.15, 0.2) is 5.38 Å². The number of anilines is 1. The van der Waals surface area contributed by atoms with Crippen molar-refractivity contribution in [2.75, 3.05) is 18.0 Å². The number of hydrogen-bond acceptors (Lipinski definition) is 6. The fourth-order valence-corrected chi connectivity index (χ4v) is 4.19. The number of hydrogen-bond donors (Lipinski definition) is 0. The number of thiazole rings is 1. The van der Waals surface area contributed by atoms with E-state index in [2.05, 4.69) is 27.4 Å². The van der Waals surface area contributed by atoms with E-state index < -0.39 is 0 Å². The van der Waals surface area contributed by atoms with Crippen LogP contribution in [-0.2, 0) is 6.42 Å². The van der Waals surface area contributed by atoms with E-state index in [1.165, 1.54) is 23.5 Å². The number of aromatic nitrogens is 3. The van der Waals surface area contributed by atoms with Crippen molar-refractivity contribution in [3.63, 3.8) is 0 Å². The highest BCUT2D eigenvalue weighted by Crippen LogP contribution is 2.32. The lowest BCUT2D eigenvalue weighted by Gasteiger charge is -2.31. The maximum atomic E-state index is 4.74. The van der Waals surface area contributed by atoms with E-state index in [0.717, 1.165) is 29.6 Å². The highest BCUT2D eigenvalue weighted by molar-refractivity contribution is 7.15. The molecule has 6 heteroatoms. The standard InChI is InChI=1S/C13H18N4S2/c1-3-11-8-18-12(14-11)10-5-4-6-17(7-10)13-16-15-9(2)19-13/h8,10H,3-7H2,1-2H3/t10-/m1/s1. The van der Waals surface area contributed by atoms with E-state index in [1.807, 2.05) is 18.3 Å². The van der Waals surface area contributed by atoms with Gasteiger partial charge in [-0.3, -0.25) is 0 Å². The molecule has 0 aromatic carbocycles. The lowest BCUT2D eigenvalue weighted by Crippen LogP contribution is -2.34. The highest BCUT2D eigenvalue weighted by atomic mass is 32.1. The molecule has 0 aliphatic carbocycles. The first-order valence-electron chi connectivity index (χ1n) is 6.75. The Morgan fingerprint density at radius 2 is 2.32 bits per heavy atom. The van der Waals surface area contributed by atoms with Crippen molar-refractivity contribution in [1.29, 1.82) is 0 Å². The molecule has 3 heterocycles. The predicted molar refractivity (Wildman–Crippen MR) is 80.3 cm³/mol. The zero-order valence-corrected chi connectivity index (χ0v) is 12.9. The quantitative estimate of drug-likeness (QED) is 0.871. The van der Waals surface area contributed by atoms with Crippen LogP contribution < -0.4 is 4.90 Å². The SMILES string of the molecule is CCc1csc([C@@H]2CCCN(c3nnc(C)s3)C2)n1. The minimum Gasteiger partial charge on any atom is -0.346 e. The summed E-state index contributed by atoms with van der Waals surface area (Å²) in [6.07, 6.45) is 3.48. The monoisotopic (exact) mass is 294 g/mol. The Bertz CT molecular complexity index is 548. The summed E-state index contributed by atoms with van der Waals surface area (Å²) in [6.45, 7) is 6.30. The van der Waals surface area contributed by atoms with Gasteiger partial charge in [-0.25, -0.2) is 4.98 Å². The third-order valence-corrected chi connectivity index (χ3v) is 5.44. The summed E-state index contributed by atoms with van der Waals surface area (Å²) in [5, 5.41) is 14.0. The first-order chi connectivity index (χ1) is 9.26. The van der Waals surface area contributed by atoms with Crippen LogP contribution in [0.5, 0.6) is 0 Å². The molecule has 0 amide bonds. The molecule has 1 saturated heterocycles. The van der Waals surface area contributed by atoms with Crippen molar-refractivity contribution in [2.45, 2.75) is 39.0 Å². The lowest BCUT2D eigenvalue weighted by atomic mass is 9.99. The van der Waals surface area contributed by atoms with Crippen LogP contribution in [-0.4, -0.2) is 28.3 Å². The van der Waals surface area contributed by atoms with Gasteiger partial charge in [-0.2, -0.15) is 0 Å².